The van der Waals surface area contributed by atoms with Crippen molar-refractivity contribution < 1.29 is 9.47 Å². The Balaban J connectivity index is 1.49. The normalized spacial score (nSPS) is 17.4. The molecule has 3 heterocycles. The van der Waals surface area contributed by atoms with Crippen LogP contribution in [-0.4, -0.2) is 22.2 Å². The lowest BCUT2D eigenvalue weighted by molar-refractivity contribution is 0.413. The van der Waals surface area contributed by atoms with E-state index >= 15 is 0 Å². The highest BCUT2D eigenvalue weighted by atomic mass is 127. The molecule has 0 saturated carbocycles. The smallest absolute Gasteiger partial charge is 0.174 e. The van der Waals surface area contributed by atoms with Crippen molar-refractivity contribution in [3.63, 3.8) is 0 Å². The number of ether oxygens (including phenoxy) is 2. The molecule has 4 aromatic rings. The van der Waals surface area contributed by atoms with Gasteiger partial charge in [0, 0.05) is 32.4 Å². The van der Waals surface area contributed by atoms with Gasteiger partial charge in [-0.3, -0.25) is 4.98 Å². The summed E-state index contributed by atoms with van der Waals surface area (Å²) in [4.78, 5) is 10.3. The van der Waals surface area contributed by atoms with Crippen LogP contribution in [0, 0.1) is 17.4 Å². The molecule has 6 nitrogen and oxygen atoms in total. The van der Waals surface area contributed by atoms with Gasteiger partial charge in [-0.05, 0) is 109 Å². The maximum Gasteiger partial charge on any atom is 0.174 e. The first-order chi connectivity index (χ1) is 17.0. The summed E-state index contributed by atoms with van der Waals surface area (Å²) in [6.07, 6.45) is 1.82. The molecule has 2 N–H and O–H groups in total. The van der Waals surface area contributed by atoms with E-state index in [1.807, 2.05) is 72.9 Å². The van der Waals surface area contributed by atoms with Crippen molar-refractivity contribution in [2.45, 2.75) is 25.9 Å². The summed E-state index contributed by atoms with van der Waals surface area (Å²) < 4.78 is 12.5. The van der Waals surface area contributed by atoms with E-state index in [1.54, 1.807) is 7.11 Å². The first-order valence-electron chi connectivity index (χ1n) is 11.2. The van der Waals surface area contributed by atoms with Gasteiger partial charge >= 0.3 is 0 Å². The topological polar surface area (TPSA) is 62.4 Å². The molecule has 0 amide bonds. The number of anilines is 1. The van der Waals surface area contributed by atoms with E-state index in [2.05, 4.69) is 56.6 Å². The molecule has 178 valence electrons. The van der Waals surface area contributed by atoms with Gasteiger partial charge < -0.3 is 24.7 Å². The molecule has 5 rings (SSSR count). The second-order valence-corrected chi connectivity index (χ2v) is 9.84. The summed E-state index contributed by atoms with van der Waals surface area (Å²) in [7, 11) is 1.65. The zero-order valence-electron chi connectivity index (χ0n) is 19.6. The van der Waals surface area contributed by atoms with Gasteiger partial charge in [0.05, 0.1) is 24.9 Å². The van der Waals surface area contributed by atoms with Crippen molar-refractivity contribution in [1.29, 1.82) is 0 Å². The van der Waals surface area contributed by atoms with Gasteiger partial charge in [-0.2, -0.15) is 0 Å². The van der Waals surface area contributed by atoms with Crippen LogP contribution in [0.1, 0.15) is 34.7 Å². The standard InChI is InChI=1S/C27H25IN4O2S/c1-16-23(24(28)17(2)30-16)26-25(22-6-4-5-15-29-22)31-27(35)32(26)18-7-9-20(10-8-18)34-21-13-11-19(33-3)12-14-21/h4-15,25-26,30H,1-3H3,(H,31,35)/t25-,26+/m0/s1. The number of nitrogens with zero attached hydrogens (tertiary/aromatic N) is 2. The molecular weight excluding hydrogens is 571 g/mol. The van der Waals surface area contributed by atoms with Crippen LogP contribution in [-0.2, 0) is 0 Å². The number of H-pyrrole nitrogens is 1. The molecule has 1 aliphatic rings. The Morgan fingerprint density at radius 2 is 1.57 bits per heavy atom. The Kier molecular flexibility index (Phi) is 6.66. The van der Waals surface area contributed by atoms with E-state index in [4.69, 9.17) is 21.7 Å². The number of methoxy groups -OCH3 is 1. The van der Waals surface area contributed by atoms with Gasteiger partial charge in [0.25, 0.3) is 0 Å². The molecule has 1 fully saturated rings. The highest BCUT2D eigenvalue weighted by Crippen LogP contribution is 2.45. The summed E-state index contributed by atoms with van der Waals surface area (Å²) in [5, 5.41) is 4.20. The molecule has 0 spiro atoms. The number of benzene rings is 2. The first-order valence-corrected chi connectivity index (χ1v) is 12.7. The fraction of sp³-hybridized carbons (Fsp3) is 0.185. The number of nitrogens with one attached hydrogen (secondary N) is 2. The highest BCUT2D eigenvalue weighted by molar-refractivity contribution is 14.1. The average molecular weight is 596 g/mol. The highest BCUT2D eigenvalue weighted by Gasteiger charge is 2.43. The van der Waals surface area contributed by atoms with E-state index in [0.29, 0.717) is 5.11 Å². The molecule has 2 aromatic carbocycles. The molecule has 0 aliphatic carbocycles. The Morgan fingerprint density at radius 1 is 0.914 bits per heavy atom. The molecule has 0 radical (unpaired) electrons. The van der Waals surface area contributed by atoms with E-state index in [9.17, 15) is 0 Å². The van der Waals surface area contributed by atoms with Crippen molar-refractivity contribution in [3.05, 3.63) is 99.1 Å². The second kappa shape index (κ2) is 9.87. The van der Waals surface area contributed by atoms with Crippen LogP contribution >= 0.6 is 34.8 Å². The molecule has 0 unspecified atom stereocenters. The Bertz CT molecular complexity index is 1340. The average Bonchev–Trinajstić information content (AvgIpc) is 3.34. The number of hydrogen-bond acceptors (Lipinski definition) is 4. The van der Waals surface area contributed by atoms with E-state index in [0.717, 1.165) is 40.0 Å². The number of thiocarbonyl (C=S) groups is 1. The van der Waals surface area contributed by atoms with E-state index < -0.39 is 0 Å². The maximum atomic E-state index is 6.03. The molecule has 1 aliphatic heterocycles. The largest absolute Gasteiger partial charge is 0.497 e. The molecule has 0 bridgehead atoms. The zero-order valence-corrected chi connectivity index (χ0v) is 22.6. The van der Waals surface area contributed by atoms with Gasteiger partial charge in [0.2, 0.25) is 0 Å². The number of rotatable bonds is 6. The zero-order chi connectivity index (χ0) is 24.5. The lowest BCUT2D eigenvalue weighted by atomic mass is 9.96. The summed E-state index contributed by atoms with van der Waals surface area (Å²) >= 11 is 8.29. The van der Waals surface area contributed by atoms with Crippen molar-refractivity contribution in [3.8, 4) is 17.2 Å². The Hall–Kier alpha value is -3.11. The minimum atomic E-state index is -0.0821. The minimum Gasteiger partial charge on any atom is -0.497 e. The van der Waals surface area contributed by atoms with Crippen molar-refractivity contribution in [2.24, 2.45) is 0 Å². The molecule has 1 saturated heterocycles. The second-order valence-electron chi connectivity index (χ2n) is 8.37. The third-order valence-corrected chi connectivity index (χ3v) is 7.85. The molecule has 35 heavy (non-hydrogen) atoms. The summed E-state index contributed by atoms with van der Waals surface area (Å²) in [6, 6.07) is 21.4. The van der Waals surface area contributed by atoms with Crippen LogP contribution < -0.4 is 19.7 Å². The fourth-order valence-corrected chi connectivity index (χ4v) is 5.71. The van der Waals surface area contributed by atoms with Gasteiger partial charge in [0.1, 0.15) is 17.2 Å². The molecule has 2 atom stereocenters. The van der Waals surface area contributed by atoms with Crippen molar-refractivity contribution >= 4 is 45.6 Å². The van der Waals surface area contributed by atoms with Gasteiger partial charge in [-0.25, -0.2) is 0 Å². The van der Waals surface area contributed by atoms with Crippen LogP contribution in [0.3, 0.4) is 0 Å². The third-order valence-electron chi connectivity index (χ3n) is 6.15. The van der Waals surface area contributed by atoms with Crippen LogP contribution in [0.5, 0.6) is 17.2 Å². The Morgan fingerprint density at radius 3 is 2.14 bits per heavy atom. The van der Waals surface area contributed by atoms with Gasteiger partial charge in [-0.1, -0.05) is 6.07 Å². The molecular formula is C27H25IN4O2S. The molecule has 8 heteroatoms. The minimum absolute atomic E-state index is 0.0531. The number of aryl methyl sites for hydroxylation is 2. The lowest BCUT2D eigenvalue weighted by Gasteiger charge is -2.28. The summed E-state index contributed by atoms with van der Waals surface area (Å²) in [5.74, 6) is 2.29. The van der Waals surface area contributed by atoms with Crippen LogP contribution in [0.2, 0.25) is 0 Å². The van der Waals surface area contributed by atoms with Crippen molar-refractivity contribution in [2.75, 3.05) is 12.0 Å². The number of pyridine rings is 1. The number of aromatic nitrogens is 2. The van der Waals surface area contributed by atoms with E-state index in [-0.39, 0.29) is 12.1 Å². The molecule has 2 aromatic heterocycles. The first kappa shape index (κ1) is 23.6. The van der Waals surface area contributed by atoms with Crippen LogP contribution in [0.25, 0.3) is 0 Å². The van der Waals surface area contributed by atoms with Crippen LogP contribution in [0.15, 0.2) is 72.9 Å². The SMILES string of the molecule is COc1ccc(Oc2ccc(N3C(=S)N[C@@H](c4ccccn4)[C@H]3c3c(C)[nH]c(C)c3I)cc2)cc1. The predicted molar refractivity (Wildman–Crippen MR) is 150 cm³/mol. The Labute approximate surface area is 223 Å². The van der Waals surface area contributed by atoms with Crippen molar-refractivity contribution in [1.82, 2.24) is 15.3 Å². The van der Waals surface area contributed by atoms with E-state index in [1.165, 1.54) is 9.13 Å². The maximum absolute atomic E-state index is 6.03. The number of hydrogen-bond donors (Lipinski definition) is 2. The van der Waals surface area contributed by atoms with Gasteiger partial charge in [-0.15, -0.1) is 0 Å². The third kappa shape index (κ3) is 4.60. The summed E-state index contributed by atoms with van der Waals surface area (Å²) in [6.45, 7) is 4.22. The quantitative estimate of drug-likeness (QED) is 0.193. The number of halogens is 1. The predicted octanol–water partition coefficient (Wildman–Crippen LogP) is 6.61. The fourth-order valence-electron chi connectivity index (χ4n) is 4.50. The van der Waals surface area contributed by atoms with Gasteiger partial charge in [0.15, 0.2) is 5.11 Å². The summed E-state index contributed by atoms with van der Waals surface area (Å²) in [5.41, 5.74) is 5.45. The lowest BCUT2D eigenvalue weighted by Crippen LogP contribution is -2.29. The van der Waals surface area contributed by atoms with Crippen LogP contribution in [0.4, 0.5) is 5.69 Å². The monoisotopic (exact) mass is 596 g/mol. The number of aromatic amines is 1.